The second kappa shape index (κ2) is 7.54. The monoisotopic (exact) mass is 437 g/mol. The highest BCUT2D eigenvalue weighted by atomic mass is 32.2. The summed E-state index contributed by atoms with van der Waals surface area (Å²) >= 11 is 0.979. The number of nitrogens with one attached hydrogen (secondary N) is 1. The summed E-state index contributed by atoms with van der Waals surface area (Å²) in [6.45, 7) is 3.33. The van der Waals surface area contributed by atoms with E-state index in [1.54, 1.807) is 25.1 Å². The molecule has 0 aliphatic carbocycles. The van der Waals surface area contributed by atoms with Crippen LogP contribution in [0.1, 0.15) is 34.6 Å². The number of halogens is 3. The summed E-state index contributed by atoms with van der Waals surface area (Å²) in [4.78, 5) is 23.6. The number of alkyl halides is 3. The summed E-state index contributed by atoms with van der Waals surface area (Å²) in [5.74, 6) is 0.798. The molecule has 2 aliphatic heterocycles. The Morgan fingerprint density at radius 1 is 1.13 bits per heavy atom. The largest absolute Gasteiger partial charge is 0.493 e. The third-order valence-corrected chi connectivity index (χ3v) is 6.32. The zero-order chi connectivity index (χ0) is 21.6. The molecule has 0 spiro atoms. The Balaban J connectivity index is 1.60. The molecule has 2 aromatic carbocycles. The summed E-state index contributed by atoms with van der Waals surface area (Å²) < 4.78 is 50.8. The van der Waals surface area contributed by atoms with Crippen molar-refractivity contribution in [2.24, 2.45) is 0 Å². The number of carbonyl (C=O) groups excluding carboxylic acids is 2. The summed E-state index contributed by atoms with van der Waals surface area (Å²) in [5, 5.41) is 1.44. The molecule has 2 amide bonds. The molecule has 0 saturated carbocycles. The number of hydrogen-bond donors (Lipinski definition) is 1. The molecule has 158 valence electrons. The van der Waals surface area contributed by atoms with Gasteiger partial charge in [0.05, 0.1) is 12.2 Å². The van der Waals surface area contributed by atoms with Crippen molar-refractivity contribution in [3.05, 3.63) is 52.6 Å². The first-order valence-corrected chi connectivity index (χ1v) is 10.2. The molecule has 2 atom stereocenters. The maximum Gasteiger partial charge on any atom is 0.416 e. The molecule has 0 bridgehead atoms. The highest BCUT2D eigenvalue weighted by Gasteiger charge is 2.41. The number of benzene rings is 2. The topological polar surface area (TPSA) is 64.6 Å². The van der Waals surface area contributed by atoms with E-state index in [2.05, 4.69) is 5.32 Å². The second-order valence-electron chi connectivity index (χ2n) is 7.29. The second-order valence-corrected chi connectivity index (χ2v) is 8.41. The van der Waals surface area contributed by atoms with Crippen LogP contribution in [0.25, 0.3) is 0 Å². The number of rotatable bonds is 3. The molecule has 9 heteroatoms. The number of fused-ring (bicyclic) bond motifs is 1. The van der Waals surface area contributed by atoms with E-state index in [4.69, 9.17) is 9.47 Å². The van der Waals surface area contributed by atoms with E-state index in [0.717, 1.165) is 23.4 Å². The van der Waals surface area contributed by atoms with Crippen LogP contribution in [0, 0.1) is 13.8 Å². The number of ether oxygens (including phenoxy) is 2. The number of thioether (sulfide) groups is 1. The van der Waals surface area contributed by atoms with Gasteiger partial charge in [0.25, 0.3) is 5.24 Å². The lowest BCUT2D eigenvalue weighted by molar-refractivity contribution is -0.138. The summed E-state index contributed by atoms with van der Waals surface area (Å²) in [6.07, 6.45) is -3.82. The van der Waals surface area contributed by atoms with Crippen LogP contribution in [-0.2, 0) is 11.0 Å². The van der Waals surface area contributed by atoms with Gasteiger partial charge < -0.3 is 9.47 Å². The van der Waals surface area contributed by atoms with Gasteiger partial charge in [-0.1, -0.05) is 17.8 Å². The van der Waals surface area contributed by atoms with E-state index in [9.17, 15) is 22.8 Å². The average Bonchev–Trinajstić information content (AvgIpc) is 3.00. The molecule has 1 N–H and O–H groups in total. The number of aryl methyl sites for hydroxylation is 2. The zero-order valence-electron chi connectivity index (χ0n) is 16.1. The average molecular weight is 437 g/mol. The standard InChI is InChI=1S/C21H18F3NO4S/c1-10-8-16(11(2)7-15(10)21(22,23)24)29-12-3-4-13-14(5-6-28-17(13)9-12)18-19(26)25-20(27)30-18/h3-4,7-9,14,18H,5-6H2,1-2H3,(H,25,26,27)/t14-,18?/m1/s1. The van der Waals surface area contributed by atoms with Gasteiger partial charge in [0.1, 0.15) is 22.5 Å². The van der Waals surface area contributed by atoms with Gasteiger partial charge in [0.2, 0.25) is 5.91 Å². The van der Waals surface area contributed by atoms with Crippen molar-refractivity contribution < 1.29 is 32.2 Å². The van der Waals surface area contributed by atoms with Gasteiger partial charge in [-0.2, -0.15) is 13.2 Å². The SMILES string of the molecule is Cc1cc(C(F)(F)F)c(C)cc1Oc1ccc2c(c1)OCC[C@H]2C1SC(=O)NC1=O. The van der Waals surface area contributed by atoms with Crippen LogP contribution >= 0.6 is 11.8 Å². The Labute approximate surface area is 174 Å². The minimum absolute atomic E-state index is 0.0753. The van der Waals surface area contributed by atoms with Crippen molar-refractivity contribution in [2.75, 3.05) is 6.61 Å². The Hall–Kier alpha value is -2.68. The fourth-order valence-electron chi connectivity index (χ4n) is 3.74. The molecule has 2 aliphatic rings. The van der Waals surface area contributed by atoms with Crippen molar-refractivity contribution in [2.45, 2.75) is 37.6 Å². The molecular weight excluding hydrogens is 419 g/mol. The van der Waals surface area contributed by atoms with E-state index in [0.29, 0.717) is 35.8 Å². The molecular formula is C21H18F3NO4S. The lowest BCUT2D eigenvalue weighted by atomic mass is 9.89. The van der Waals surface area contributed by atoms with Crippen molar-refractivity contribution in [1.29, 1.82) is 0 Å². The van der Waals surface area contributed by atoms with Crippen molar-refractivity contribution in [3.8, 4) is 17.2 Å². The molecule has 1 saturated heterocycles. The van der Waals surface area contributed by atoms with Crippen LogP contribution in [0.2, 0.25) is 0 Å². The minimum Gasteiger partial charge on any atom is -0.493 e. The van der Waals surface area contributed by atoms with Crippen molar-refractivity contribution >= 4 is 22.9 Å². The number of amides is 2. The minimum atomic E-state index is -4.42. The van der Waals surface area contributed by atoms with E-state index < -0.39 is 17.0 Å². The van der Waals surface area contributed by atoms with Crippen LogP contribution in [0.15, 0.2) is 30.3 Å². The number of hydrogen-bond acceptors (Lipinski definition) is 5. The van der Waals surface area contributed by atoms with Gasteiger partial charge in [0.15, 0.2) is 0 Å². The normalized spacial score (nSPS) is 21.1. The van der Waals surface area contributed by atoms with Crippen LogP contribution in [0.4, 0.5) is 18.0 Å². The molecule has 30 heavy (non-hydrogen) atoms. The molecule has 1 fully saturated rings. The highest BCUT2D eigenvalue weighted by molar-refractivity contribution is 8.15. The molecule has 4 rings (SSSR count). The summed E-state index contributed by atoms with van der Waals surface area (Å²) in [6, 6.07) is 7.56. The molecule has 1 unspecified atom stereocenters. The summed E-state index contributed by atoms with van der Waals surface area (Å²) in [7, 11) is 0. The Morgan fingerprint density at radius 3 is 2.57 bits per heavy atom. The van der Waals surface area contributed by atoms with Crippen molar-refractivity contribution in [3.63, 3.8) is 0 Å². The van der Waals surface area contributed by atoms with E-state index >= 15 is 0 Å². The predicted molar refractivity (Wildman–Crippen MR) is 105 cm³/mol. The van der Waals surface area contributed by atoms with E-state index in [1.165, 1.54) is 13.0 Å². The fraction of sp³-hybridized carbons (Fsp3) is 0.333. The van der Waals surface area contributed by atoms with Crippen molar-refractivity contribution in [1.82, 2.24) is 5.32 Å². The van der Waals surface area contributed by atoms with Gasteiger partial charge in [-0.15, -0.1) is 0 Å². The maximum absolute atomic E-state index is 13.1. The Bertz CT molecular complexity index is 1040. The first-order chi connectivity index (χ1) is 14.1. The van der Waals surface area contributed by atoms with Crippen LogP contribution < -0.4 is 14.8 Å². The number of carbonyl (C=O) groups is 2. The Kier molecular flexibility index (Phi) is 5.17. The highest BCUT2D eigenvalue weighted by Crippen LogP contribution is 2.44. The molecule has 2 aromatic rings. The first kappa shape index (κ1) is 20.6. The molecule has 0 radical (unpaired) electrons. The predicted octanol–water partition coefficient (Wildman–Crippen LogP) is 5.33. The van der Waals surface area contributed by atoms with Gasteiger partial charge >= 0.3 is 6.18 Å². The molecule has 2 heterocycles. The van der Waals surface area contributed by atoms with E-state index in [1.807, 2.05) is 0 Å². The fourth-order valence-corrected chi connectivity index (χ4v) is 4.75. The van der Waals surface area contributed by atoms with Crippen LogP contribution in [0.5, 0.6) is 17.2 Å². The zero-order valence-corrected chi connectivity index (χ0v) is 16.9. The third-order valence-electron chi connectivity index (χ3n) is 5.21. The number of imide groups is 1. The summed E-state index contributed by atoms with van der Waals surface area (Å²) in [5.41, 5.74) is 0.551. The molecule has 5 nitrogen and oxygen atoms in total. The third kappa shape index (κ3) is 3.86. The van der Waals surface area contributed by atoms with Crippen LogP contribution in [-0.4, -0.2) is 23.0 Å². The van der Waals surface area contributed by atoms with Gasteiger partial charge in [-0.05, 0) is 55.2 Å². The van der Waals surface area contributed by atoms with Gasteiger partial charge in [0, 0.05) is 12.0 Å². The smallest absolute Gasteiger partial charge is 0.416 e. The first-order valence-electron chi connectivity index (χ1n) is 9.28. The van der Waals surface area contributed by atoms with Gasteiger partial charge in [-0.25, -0.2) is 0 Å². The van der Waals surface area contributed by atoms with E-state index in [-0.39, 0.29) is 22.6 Å². The van der Waals surface area contributed by atoms with Crippen LogP contribution in [0.3, 0.4) is 0 Å². The van der Waals surface area contributed by atoms with Gasteiger partial charge in [-0.3, -0.25) is 14.9 Å². The molecule has 0 aromatic heterocycles. The lowest BCUT2D eigenvalue weighted by Gasteiger charge is -2.28. The maximum atomic E-state index is 13.1. The quantitative estimate of drug-likeness (QED) is 0.703. The Morgan fingerprint density at radius 2 is 1.90 bits per heavy atom. The lowest BCUT2D eigenvalue weighted by Crippen LogP contribution is -2.31.